The minimum Gasteiger partial charge on any atom is -0.507 e. The Morgan fingerprint density at radius 2 is 2.12 bits per heavy atom. The van der Waals surface area contributed by atoms with Crippen LogP contribution in [0.1, 0.15) is 28.4 Å². The molecule has 0 aromatic heterocycles. The van der Waals surface area contributed by atoms with Gasteiger partial charge in [-0.3, -0.25) is 0 Å². The second-order valence-electron chi connectivity index (χ2n) is 3.32. The standard InChI is InChI=1S/C10H12BrNO4/c11-5-3-6(8(12)1-2-13)9(14)7(4-5)10(15)16/h3-4,8,13-14H,1-2,12H2,(H,15,16)/t8-/m1/s1. The Labute approximate surface area is 101 Å². The van der Waals surface area contributed by atoms with Gasteiger partial charge in [0.25, 0.3) is 0 Å². The van der Waals surface area contributed by atoms with Gasteiger partial charge in [-0.2, -0.15) is 0 Å². The lowest BCUT2D eigenvalue weighted by atomic mass is 10.0. The van der Waals surface area contributed by atoms with E-state index in [-0.39, 0.29) is 24.3 Å². The van der Waals surface area contributed by atoms with E-state index >= 15 is 0 Å². The van der Waals surface area contributed by atoms with Crippen LogP contribution in [-0.2, 0) is 0 Å². The van der Waals surface area contributed by atoms with Crippen LogP contribution < -0.4 is 5.73 Å². The van der Waals surface area contributed by atoms with Gasteiger partial charge in [0.05, 0.1) is 0 Å². The Bertz CT molecular complexity index is 408. The number of hydrogen-bond acceptors (Lipinski definition) is 4. The number of aliphatic hydroxyl groups is 1. The summed E-state index contributed by atoms with van der Waals surface area (Å²) in [4.78, 5) is 10.8. The minimum atomic E-state index is -1.23. The molecule has 0 fully saturated rings. The molecule has 16 heavy (non-hydrogen) atoms. The molecule has 0 heterocycles. The SMILES string of the molecule is N[C@H](CCO)c1cc(Br)cc(C(=O)O)c1O. The van der Waals surface area contributed by atoms with Crippen molar-refractivity contribution in [2.45, 2.75) is 12.5 Å². The third kappa shape index (κ3) is 2.72. The fourth-order valence-electron chi connectivity index (χ4n) is 1.36. The van der Waals surface area contributed by atoms with Crippen molar-refractivity contribution < 1.29 is 20.1 Å². The zero-order chi connectivity index (χ0) is 12.3. The van der Waals surface area contributed by atoms with Crippen molar-refractivity contribution in [3.63, 3.8) is 0 Å². The number of benzene rings is 1. The summed E-state index contributed by atoms with van der Waals surface area (Å²) in [6.07, 6.45) is 0.253. The van der Waals surface area contributed by atoms with Crippen LogP contribution in [0.25, 0.3) is 0 Å². The Morgan fingerprint density at radius 1 is 1.50 bits per heavy atom. The largest absolute Gasteiger partial charge is 0.507 e. The number of rotatable bonds is 4. The second-order valence-corrected chi connectivity index (χ2v) is 4.23. The van der Waals surface area contributed by atoms with Crippen molar-refractivity contribution in [3.05, 3.63) is 27.7 Å². The van der Waals surface area contributed by atoms with Gasteiger partial charge in [-0.05, 0) is 18.6 Å². The quantitative estimate of drug-likeness (QED) is 0.668. The van der Waals surface area contributed by atoms with Crippen LogP contribution in [0.3, 0.4) is 0 Å². The molecule has 0 spiro atoms. The number of phenols is 1. The first kappa shape index (κ1) is 13.0. The zero-order valence-electron chi connectivity index (χ0n) is 8.35. The number of aromatic hydroxyl groups is 1. The van der Waals surface area contributed by atoms with Crippen molar-refractivity contribution >= 4 is 21.9 Å². The van der Waals surface area contributed by atoms with E-state index in [1.54, 1.807) is 6.07 Å². The van der Waals surface area contributed by atoms with Crippen LogP contribution in [0.2, 0.25) is 0 Å². The number of hydrogen-bond donors (Lipinski definition) is 4. The summed E-state index contributed by atoms with van der Waals surface area (Å²) < 4.78 is 0.520. The van der Waals surface area contributed by atoms with Crippen LogP contribution in [0.15, 0.2) is 16.6 Å². The van der Waals surface area contributed by atoms with Crippen LogP contribution in [0.4, 0.5) is 0 Å². The Balaban J connectivity index is 3.23. The second kappa shape index (κ2) is 5.29. The highest BCUT2D eigenvalue weighted by molar-refractivity contribution is 9.10. The van der Waals surface area contributed by atoms with Crippen molar-refractivity contribution in [1.29, 1.82) is 0 Å². The lowest BCUT2D eigenvalue weighted by Crippen LogP contribution is -2.13. The van der Waals surface area contributed by atoms with Gasteiger partial charge in [-0.25, -0.2) is 4.79 Å². The maximum absolute atomic E-state index is 10.8. The van der Waals surface area contributed by atoms with E-state index in [1.807, 2.05) is 0 Å². The predicted octanol–water partition coefficient (Wildman–Crippen LogP) is 1.24. The molecule has 0 saturated carbocycles. The molecule has 0 aliphatic rings. The molecule has 1 rings (SSSR count). The van der Waals surface area contributed by atoms with E-state index < -0.39 is 12.0 Å². The van der Waals surface area contributed by atoms with Crippen molar-refractivity contribution in [3.8, 4) is 5.75 Å². The first-order chi connectivity index (χ1) is 7.47. The van der Waals surface area contributed by atoms with E-state index in [0.717, 1.165) is 0 Å². The highest BCUT2D eigenvalue weighted by Crippen LogP contribution is 2.32. The van der Waals surface area contributed by atoms with Crippen molar-refractivity contribution in [1.82, 2.24) is 0 Å². The summed E-state index contributed by atoms with van der Waals surface area (Å²) in [5.41, 5.74) is 5.81. The summed E-state index contributed by atoms with van der Waals surface area (Å²) in [6.45, 7) is -0.129. The Kier molecular flexibility index (Phi) is 4.28. The van der Waals surface area contributed by atoms with Gasteiger partial charge in [0, 0.05) is 22.7 Å². The average molecular weight is 290 g/mol. The van der Waals surface area contributed by atoms with Crippen LogP contribution in [0.5, 0.6) is 5.75 Å². The first-order valence-corrected chi connectivity index (χ1v) is 5.38. The number of carboxylic acids is 1. The third-order valence-electron chi connectivity index (χ3n) is 2.17. The third-order valence-corrected chi connectivity index (χ3v) is 2.63. The van der Waals surface area contributed by atoms with Gasteiger partial charge < -0.3 is 21.1 Å². The van der Waals surface area contributed by atoms with Crippen LogP contribution in [-0.4, -0.2) is 27.9 Å². The fourth-order valence-corrected chi connectivity index (χ4v) is 1.84. The van der Waals surface area contributed by atoms with E-state index in [0.29, 0.717) is 10.0 Å². The lowest BCUT2D eigenvalue weighted by molar-refractivity contribution is 0.0693. The molecule has 1 atom stereocenters. The smallest absolute Gasteiger partial charge is 0.339 e. The number of nitrogens with two attached hydrogens (primary N) is 1. The average Bonchev–Trinajstić information content (AvgIpc) is 2.20. The molecule has 1 aromatic carbocycles. The molecule has 0 radical (unpaired) electrons. The molecule has 0 unspecified atom stereocenters. The Hall–Kier alpha value is -1.11. The van der Waals surface area contributed by atoms with Gasteiger partial charge in [0.1, 0.15) is 11.3 Å². The molecule has 0 aliphatic carbocycles. The summed E-state index contributed by atoms with van der Waals surface area (Å²) in [7, 11) is 0. The summed E-state index contributed by atoms with van der Waals surface area (Å²) in [5, 5.41) is 27.3. The molecule has 0 saturated heterocycles. The molecule has 6 heteroatoms. The minimum absolute atomic E-state index is 0.129. The highest BCUT2D eigenvalue weighted by atomic mass is 79.9. The normalized spacial score (nSPS) is 12.4. The Morgan fingerprint density at radius 3 is 2.62 bits per heavy atom. The van der Waals surface area contributed by atoms with Gasteiger partial charge >= 0.3 is 5.97 Å². The van der Waals surface area contributed by atoms with Gasteiger partial charge in [-0.15, -0.1) is 0 Å². The van der Waals surface area contributed by atoms with Gasteiger partial charge in [0.15, 0.2) is 0 Å². The maximum atomic E-state index is 10.8. The molecule has 5 N–H and O–H groups in total. The van der Waals surface area contributed by atoms with Crippen LogP contribution in [0, 0.1) is 0 Å². The number of aromatic carboxylic acids is 1. The van der Waals surface area contributed by atoms with E-state index in [2.05, 4.69) is 15.9 Å². The first-order valence-electron chi connectivity index (χ1n) is 4.59. The number of carboxylic acid groups (broad SMARTS) is 1. The molecule has 0 bridgehead atoms. The molecular formula is C10H12BrNO4. The van der Waals surface area contributed by atoms with Gasteiger partial charge in [0.2, 0.25) is 0 Å². The van der Waals surface area contributed by atoms with Crippen molar-refractivity contribution in [2.24, 2.45) is 5.73 Å². The summed E-state index contributed by atoms with van der Waals surface area (Å²) in [6, 6.07) is 2.25. The predicted molar refractivity (Wildman–Crippen MR) is 61.4 cm³/mol. The number of carbonyl (C=O) groups is 1. The molecular weight excluding hydrogens is 278 g/mol. The summed E-state index contributed by atoms with van der Waals surface area (Å²) in [5.74, 6) is -1.58. The molecule has 88 valence electrons. The van der Waals surface area contributed by atoms with E-state index in [9.17, 15) is 9.90 Å². The molecule has 1 aromatic rings. The van der Waals surface area contributed by atoms with E-state index in [4.69, 9.17) is 15.9 Å². The number of aliphatic hydroxyl groups excluding tert-OH is 1. The molecule has 5 nitrogen and oxygen atoms in total. The summed E-state index contributed by atoms with van der Waals surface area (Å²) >= 11 is 3.14. The zero-order valence-corrected chi connectivity index (χ0v) is 9.94. The lowest BCUT2D eigenvalue weighted by Gasteiger charge is -2.14. The van der Waals surface area contributed by atoms with Crippen molar-refractivity contribution in [2.75, 3.05) is 6.61 Å². The van der Waals surface area contributed by atoms with Crippen LogP contribution >= 0.6 is 15.9 Å². The monoisotopic (exact) mass is 289 g/mol. The van der Waals surface area contributed by atoms with Gasteiger partial charge in [-0.1, -0.05) is 15.9 Å². The molecule has 0 aliphatic heterocycles. The number of halogens is 1. The fraction of sp³-hybridized carbons (Fsp3) is 0.300. The highest BCUT2D eigenvalue weighted by Gasteiger charge is 2.18. The maximum Gasteiger partial charge on any atom is 0.339 e. The topological polar surface area (TPSA) is 104 Å². The van der Waals surface area contributed by atoms with E-state index in [1.165, 1.54) is 6.07 Å². The molecule has 0 amide bonds.